The zero-order valence-corrected chi connectivity index (χ0v) is 18.1. The summed E-state index contributed by atoms with van der Waals surface area (Å²) < 4.78 is 43.2. The summed E-state index contributed by atoms with van der Waals surface area (Å²) in [6.45, 7) is 1.79. The fourth-order valence-electron chi connectivity index (χ4n) is 2.69. The Morgan fingerprint density at radius 1 is 1.06 bits per heavy atom. The predicted molar refractivity (Wildman–Crippen MR) is 114 cm³/mol. The van der Waals surface area contributed by atoms with Crippen LogP contribution in [0.2, 0.25) is 10.0 Å². The van der Waals surface area contributed by atoms with Gasteiger partial charge >= 0.3 is 6.18 Å². The average molecular weight is 488 g/mol. The summed E-state index contributed by atoms with van der Waals surface area (Å²) in [4.78, 5) is 25.2. The maximum Gasteiger partial charge on any atom is 0.417 e. The molecule has 162 valence electrons. The molecule has 1 aromatic heterocycles. The highest BCUT2D eigenvalue weighted by Gasteiger charge is 2.35. The highest BCUT2D eigenvalue weighted by molar-refractivity contribution is 7.11. The van der Waals surface area contributed by atoms with Crippen molar-refractivity contribution in [2.75, 3.05) is 5.32 Å². The van der Waals surface area contributed by atoms with E-state index in [0.29, 0.717) is 10.7 Å². The van der Waals surface area contributed by atoms with Crippen molar-refractivity contribution in [2.24, 2.45) is 0 Å². The van der Waals surface area contributed by atoms with E-state index in [0.717, 1.165) is 29.2 Å². The molecule has 31 heavy (non-hydrogen) atoms. The first-order valence-electron chi connectivity index (χ1n) is 8.74. The number of alkyl halides is 3. The molecule has 0 fully saturated rings. The Morgan fingerprint density at radius 3 is 2.39 bits per heavy atom. The van der Waals surface area contributed by atoms with Crippen LogP contribution < -0.4 is 10.6 Å². The first kappa shape index (κ1) is 23.1. The highest BCUT2D eigenvalue weighted by Crippen LogP contribution is 2.36. The molecule has 0 aliphatic carbocycles. The molecule has 0 radical (unpaired) electrons. The van der Waals surface area contributed by atoms with Gasteiger partial charge in [-0.2, -0.15) is 17.5 Å². The molecule has 5 nitrogen and oxygen atoms in total. The Bertz CT molecular complexity index is 1130. The van der Waals surface area contributed by atoms with E-state index < -0.39 is 28.6 Å². The topological polar surface area (TPSA) is 71.1 Å². The van der Waals surface area contributed by atoms with E-state index in [1.165, 1.54) is 6.07 Å². The lowest BCUT2D eigenvalue weighted by atomic mass is 10.1. The molecule has 2 amide bonds. The maximum atomic E-state index is 13.1. The molecule has 11 heteroatoms. The Kier molecular flexibility index (Phi) is 6.88. The third-order valence-electron chi connectivity index (χ3n) is 4.23. The van der Waals surface area contributed by atoms with Gasteiger partial charge < -0.3 is 10.6 Å². The first-order chi connectivity index (χ1) is 14.6. The number of anilines is 1. The van der Waals surface area contributed by atoms with Crippen molar-refractivity contribution in [3.63, 3.8) is 0 Å². The minimum Gasteiger partial charge on any atom is -0.348 e. The van der Waals surface area contributed by atoms with Crippen LogP contribution in [0.5, 0.6) is 0 Å². The Hall–Kier alpha value is -2.62. The van der Waals surface area contributed by atoms with Gasteiger partial charge in [-0.1, -0.05) is 41.4 Å². The molecule has 3 rings (SSSR count). The van der Waals surface area contributed by atoms with Crippen molar-refractivity contribution in [3.8, 4) is 0 Å². The van der Waals surface area contributed by atoms with Gasteiger partial charge in [0.1, 0.15) is 5.00 Å². The number of benzene rings is 2. The van der Waals surface area contributed by atoms with Crippen LogP contribution in [0, 0.1) is 6.92 Å². The quantitative estimate of drug-likeness (QED) is 0.466. The van der Waals surface area contributed by atoms with Crippen molar-refractivity contribution in [1.29, 1.82) is 0 Å². The lowest BCUT2D eigenvalue weighted by molar-refractivity contribution is -0.137. The maximum absolute atomic E-state index is 13.1. The number of aryl methyl sites for hydroxylation is 1. The van der Waals surface area contributed by atoms with E-state index >= 15 is 0 Å². The van der Waals surface area contributed by atoms with Gasteiger partial charge in [0, 0.05) is 11.6 Å². The summed E-state index contributed by atoms with van der Waals surface area (Å²) in [5.74, 6) is -1.38. The van der Waals surface area contributed by atoms with E-state index in [4.69, 9.17) is 23.2 Å². The standard InChI is InChI=1S/C20H14Cl2F3N3O2S/c1-10-15(18(30)26-9-11-5-7-12(21)8-6-11)19(31-28-10)27-17(29)13-3-2-4-14(16(13)22)20(23,24)25/h2-8H,9H2,1H3,(H,26,30)(H,27,29). The smallest absolute Gasteiger partial charge is 0.348 e. The molecular formula is C20H14Cl2F3N3O2S. The molecule has 1 heterocycles. The molecule has 0 unspecified atom stereocenters. The molecule has 2 aromatic carbocycles. The fourth-order valence-corrected chi connectivity index (χ4v) is 3.93. The van der Waals surface area contributed by atoms with Crippen LogP contribution in [0.15, 0.2) is 42.5 Å². The van der Waals surface area contributed by atoms with Crippen molar-refractivity contribution in [2.45, 2.75) is 19.6 Å². The van der Waals surface area contributed by atoms with Crippen LogP contribution in [0.1, 0.15) is 37.5 Å². The molecule has 0 atom stereocenters. The number of carbonyl (C=O) groups is 2. The molecule has 0 saturated heterocycles. The number of rotatable bonds is 5. The van der Waals surface area contributed by atoms with Crippen LogP contribution >= 0.6 is 34.7 Å². The van der Waals surface area contributed by atoms with Gasteiger partial charge in [-0.15, -0.1) is 0 Å². The average Bonchev–Trinajstić information content (AvgIpc) is 3.06. The van der Waals surface area contributed by atoms with E-state index in [1.54, 1.807) is 31.2 Å². The summed E-state index contributed by atoms with van der Waals surface area (Å²) >= 11 is 12.5. The Balaban J connectivity index is 1.79. The van der Waals surface area contributed by atoms with Crippen molar-refractivity contribution in [1.82, 2.24) is 9.69 Å². The Morgan fingerprint density at radius 2 is 1.74 bits per heavy atom. The van der Waals surface area contributed by atoms with Gasteiger partial charge in [0.05, 0.1) is 27.4 Å². The fraction of sp³-hybridized carbons (Fsp3) is 0.150. The molecule has 0 spiro atoms. The number of amides is 2. The highest BCUT2D eigenvalue weighted by atomic mass is 35.5. The Labute approximate surface area is 189 Å². The summed E-state index contributed by atoms with van der Waals surface area (Å²) in [5, 5.41) is 5.10. The SMILES string of the molecule is Cc1nsc(NC(=O)c2cccc(C(F)(F)F)c2Cl)c1C(=O)NCc1ccc(Cl)cc1. The van der Waals surface area contributed by atoms with Gasteiger partial charge in [-0.3, -0.25) is 9.59 Å². The summed E-state index contributed by atoms with van der Waals surface area (Å²) in [5.41, 5.74) is -0.197. The zero-order valence-electron chi connectivity index (χ0n) is 15.8. The largest absolute Gasteiger partial charge is 0.417 e. The number of nitrogens with one attached hydrogen (secondary N) is 2. The molecule has 0 aliphatic rings. The second-order valence-corrected chi connectivity index (χ2v) is 7.99. The van der Waals surface area contributed by atoms with Gasteiger partial charge in [0.25, 0.3) is 11.8 Å². The summed E-state index contributed by atoms with van der Waals surface area (Å²) in [6.07, 6.45) is -4.71. The van der Waals surface area contributed by atoms with Gasteiger partial charge in [0.15, 0.2) is 0 Å². The van der Waals surface area contributed by atoms with E-state index in [2.05, 4.69) is 15.0 Å². The first-order valence-corrected chi connectivity index (χ1v) is 10.3. The second kappa shape index (κ2) is 9.25. The third kappa shape index (κ3) is 5.36. The van der Waals surface area contributed by atoms with Crippen molar-refractivity contribution < 1.29 is 22.8 Å². The predicted octanol–water partition coefficient (Wildman–Crippen LogP) is 5.96. The van der Waals surface area contributed by atoms with Crippen LogP contribution in [-0.2, 0) is 12.7 Å². The molecule has 0 saturated carbocycles. The summed E-state index contributed by atoms with van der Waals surface area (Å²) in [6, 6.07) is 9.91. The number of hydrogen-bond donors (Lipinski definition) is 2. The van der Waals surface area contributed by atoms with E-state index in [-0.39, 0.29) is 22.7 Å². The van der Waals surface area contributed by atoms with Gasteiger partial charge in [-0.25, -0.2) is 0 Å². The van der Waals surface area contributed by atoms with Crippen LogP contribution in [0.3, 0.4) is 0 Å². The lowest BCUT2D eigenvalue weighted by Crippen LogP contribution is -2.25. The third-order valence-corrected chi connectivity index (χ3v) is 5.75. The number of nitrogens with zero attached hydrogens (tertiary/aromatic N) is 1. The lowest BCUT2D eigenvalue weighted by Gasteiger charge is -2.12. The number of halogens is 5. The molecule has 2 N–H and O–H groups in total. The van der Waals surface area contributed by atoms with Crippen LogP contribution in [0.4, 0.5) is 18.2 Å². The second-order valence-electron chi connectivity index (χ2n) is 6.40. The van der Waals surface area contributed by atoms with Crippen LogP contribution in [-0.4, -0.2) is 16.2 Å². The van der Waals surface area contributed by atoms with E-state index in [1.807, 2.05) is 0 Å². The number of hydrogen-bond acceptors (Lipinski definition) is 4. The zero-order chi connectivity index (χ0) is 22.8. The minimum atomic E-state index is -4.71. The number of aromatic nitrogens is 1. The van der Waals surface area contributed by atoms with Gasteiger partial charge in [-0.05, 0) is 48.3 Å². The molecular weight excluding hydrogens is 474 g/mol. The number of carbonyl (C=O) groups excluding carboxylic acids is 2. The van der Waals surface area contributed by atoms with Crippen molar-refractivity contribution in [3.05, 3.63) is 80.5 Å². The minimum absolute atomic E-state index is 0.101. The monoisotopic (exact) mass is 487 g/mol. The van der Waals surface area contributed by atoms with Crippen LogP contribution in [0.25, 0.3) is 0 Å². The summed E-state index contributed by atoms with van der Waals surface area (Å²) in [7, 11) is 0. The normalized spacial score (nSPS) is 11.3. The van der Waals surface area contributed by atoms with E-state index in [9.17, 15) is 22.8 Å². The molecule has 0 aliphatic heterocycles. The van der Waals surface area contributed by atoms with Gasteiger partial charge in [0.2, 0.25) is 0 Å². The molecule has 3 aromatic rings. The molecule has 0 bridgehead atoms. The van der Waals surface area contributed by atoms with Crippen molar-refractivity contribution >= 4 is 51.5 Å².